The molecular weight excluding hydrogens is 251 g/mol. The smallest absolute Gasteiger partial charge is 0.123 e. The van der Waals surface area contributed by atoms with E-state index in [-0.39, 0.29) is 11.4 Å². The van der Waals surface area contributed by atoms with Crippen LogP contribution in [0.4, 0.5) is 4.39 Å². The average molecular weight is 278 g/mol. The van der Waals surface area contributed by atoms with Crippen LogP contribution in [-0.4, -0.2) is 36.1 Å². The van der Waals surface area contributed by atoms with Crippen LogP contribution in [0.15, 0.2) is 18.2 Å². The minimum absolute atomic E-state index is 0.138. The van der Waals surface area contributed by atoms with Crippen molar-refractivity contribution in [3.63, 3.8) is 0 Å². The molecule has 1 fully saturated rings. The lowest BCUT2D eigenvalue weighted by Crippen LogP contribution is -2.61. The molecule has 0 radical (unpaired) electrons. The van der Waals surface area contributed by atoms with E-state index in [2.05, 4.69) is 31.0 Å². The summed E-state index contributed by atoms with van der Waals surface area (Å²) in [6.07, 6.45) is 2.17. The minimum atomic E-state index is -0.138. The molecule has 0 saturated carbocycles. The monoisotopic (exact) mass is 278 g/mol. The average Bonchev–Trinajstić information content (AvgIpc) is 2.37. The van der Waals surface area contributed by atoms with Gasteiger partial charge in [-0.25, -0.2) is 4.39 Å². The van der Waals surface area contributed by atoms with E-state index in [0.29, 0.717) is 6.04 Å². The molecule has 20 heavy (non-hydrogen) atoms. The molecule has 1 aliphatic heterocycles. The fourth-order valence-corrected chi connectivity index (χ4v) is 3.08. The van der Waals surface area contributed by atoms with Crippen molar-refractivity contribution in [2.24, 2.45) is 0 Å². The van der Waals surface area contributed by atoms with E-state index in [0.717, 1.165) is 31.6 Å². The van der Waals surface area contributed by atoms with E-state index in [9.17, 15) is 4.39 Å². The summed E-state index contributed by atoms with van der Waals surface area (Å²) in [5.74, 6) is -0.138. The van der Waals surface area contributed by atoms with E-state index in [1.165, 1.54) is 12.0 Å². The molecule has 1 N–H and O–H groups in total. The number of rotatable bonds is 4. The molecule has 2 rings (SSSR count). The molecule has 0 amide bonds. The molecule has 0 aliphatic carbocycles. The Morgan fingerprint density at radius 3 is 2.80 bits per heavy atom. The second-order valence-corrected chi connectivity index (χ2v) is 6.62. The first-order valence-electron chi connectivity index (χ1n) is 7.65. The Bertz CT molecular complexity index is 456. The molecule has 1 aromatic carbocycles. The van der Waals surface area contributed by atoms with Crippen LogP contribution in [0.5, 0.6) is 0 Å². The first-order chi connectivity index (χ1) is 9.41. The number of nitrogens with one attached hydrogen (secondary N) is 1. The van der Waals surface area contributed by atoms with Gasteiger partial charge < -0.3 is 5.32 Å². The maximum absolute atomic E-state index is 13.1. The zero-order chi connectivity index (χ0) is 14.8. The molecule has 1 aliphatic rings. The summed E-state index contributed by atoms with van der Waals surface area (Å²) in [4.78, 5) is 2.58. The van der Waals surface area contributed by atoms with Gasteiger partial charge in [0.1, 0.15) is 5.82 Å². The number of piperazine rings is 1. The summed E-state index contributed by atoms with van der Waals surface area (Å²) in [5, 5.41) is 3.62. The van der Waals surface area contributed by atoms with Gasteiger partial charge in [0.05, 0.1) is 0 Å². The summed E-state index contributed by atoms with van der Waals surface area (Å²) in [6.45, 7) is 12.0. The fourth-order valence-electron chi connectivity index (χ4n) is 3.08. The van der Waals surface area contributed by atoms with Gasteiger partial charge >= 0.3 is 0 Å². The lowest BCUT2D eigenvalue weighted by Gasteiger charge is -2.44. The van der Waals surface area contributed by atoms with Crippen molar-refractivity contribution in [2.75, 3.05) is 19.6 Å². The summed E-state index contributed by atoms with van der Waals surface area (Å²) < 4.78 is 13.1. The van der Waals surface area contributed by atoms with Gasteiger partial charge in [0.2, 0.25) is 0 Å². The lowest BCUT2D eigenvalue weighted by atomic mass is 9.96. The summed E-state index contributed by atoms with van der Waals surface area (Å²) in [5.41, 5.74) is 2.51. The minimum Gasteiger partial charge on any atom is -0.309 e. The summed E-state index contributed by atoms with van der Waals surface area (Å²) in [6, 6.07) is 5.75. The van der Waals surface area contributed by atoms with Gasteiger partial charge in [-0.1, -0.05) is 13.0 Å². The molecule has 0 aromatic heterocycles. The van der Waals surface area contributed by atoms with Crippen LogP contribution in [0.3, 0.4) is 0 Å². The number of hydrogen-bond acceptors (Lipinski definition) is 2. The maximum atomic E-state index is 13.1. The highest BCUT2D eigenvalue weighted by Gasteiger charge is 2.31. The normalized spacial score (nSPS) is 22.9. The molecule has 1 aromatic rings. The molecule has 1 saturated heterocycles. The Balaban J connectivity index is 2.00. The highest BCUT2D eigenvalue weighted by atomic mass is 19.1. The van der Waals surface area contributed by atoms with E-state index < -0.39 is 0 Å². The molecule has 1 atom stereocenters. The first kappa shape index (κ1) is 15.5. The van der Waals surface area contributed by atoms with E-state index >= 15 is 0 Å². The number of hydrogen-bond donors (Lipinski definition) is 1. The van der Waals surface area contributed by atoms with Crippen LogP contribution >= 0.6 is 0 Å². The van der Waals surface area contributed by atoms with Gasteiger partial charge in [0.25, 0.3) is 0 Å². The Morgan fingerprint density at radius 1 is 1.40 bits per heavy atom. The molecule has 3 heteroatoms. The van der Waals surface area contributed by atoms with Gasteiger partial charge in [-0.2, -0.15) is 0 Å². The van der Waals surface area contributed by atoms with Gasteiger partial charge in [0, 0.05) is 31.2 Å². The van der Waals surface area contributed by atoms with Crippen molar-refractivity contribution < 1.29 is 4.39 Å². The van der Waals surface area contributed by atoms with Crippen LogP contribution in [0.2, 0.25) is 0 Å². The van der Waals surface area contributed by atoms with E-state index in [4.69, 9.17) is 0 Å². The van der Waals surface area contributed by atoms with E-state index in [1.54, 1.807) is 12.1 Å². The van der Waals surface area contributed by atoms with Gasteiger partial charge in [0.15, 0.2) is 0 Å². The highest BCUT2D eigenvalue weighted by Crippen LogP contribution is 2.18. The van der Waals surface area contributed by atoms with Crippen LogP contribution in [0.1, 0.15) is 38.3 Å². The van der Waals surface area contributed by atoms with Crippen LogP contribution in [-0.2, 0) is 6.42 Å². The Kier molecular flexibility index (Phi) is 4.82. The molecule has 112 valence electrons. The van der Waals surface area contributed by atoms with Gasteiger partial charge in [-0.15, -0.1) is 0 Å². The number of aryl methyl sites for hydroxylation is 1. The predicted molar refractivity (Wildman–Crippen MR) is 82.6 cm³/mol. The zero-order valence-corrected chi connectivity index (χ0v) is 13.2. The molecule has 1 heterocycles. The predicted octanol–water partition coefficient (Wildman–Crippen LogP) is 3.14. The lowest BCUT2D eigenvalue weighted by molar-refractivity contribution is 0.0939. The van der Waals surface area contributed by atoms with E-state index in [1.807, 2.05) is 13.0 Å². The molecule has 1 unspecified atom stereocenters. The van der Waals surface area contributed by atoms with Crippen molar-refractivity contribution >= 4 is 0 Å². The molecule has 0 bridgehead atoms. The molecule has 0 spiro atoms. The number of halogens is 1. The fraction of sp³-hybridized carbons (Fsp3) is 0.647. The Hall–Kier alpha value is -0.930. The third-order valence-corrected chi connectivity index (χ3v) is 4.38. The standard InChI is InChI=1S/C17H27FN2/c1-5-16-11-19-17(3,4)12-20(16)9-8-14-6-7-15(18)10-13(14)2/h6-7,10,16,19H,5,8-9,11-12H2,1-4H3. The van der Waals surface area contributed by atoms with Crippen LogP contribution < -0.4 is 5.32 Å². The number of benzene rings is 1. The maximum Gasteiger partial charge on any atom is 0.123 e. The third-order valence-electron chi connectivity index (χ3n) is 4.38. The largest absolute Gasteiger partial charge is 0.309 e. The van der Waals surface area contributed by atoms with Crippen molar-refractivity contribution in [1.29, 1.82) is 0 Å². The molecule has 2 nitrogen and oxygen atoms in total. The van der Waals surface area contributed by atoms with Crippen LogP contribution in [0.25, 0.3) is 0 Å². The van der Waals surface area contributed by atoms with Crippen molar-refractivity contribution in [3.8, 4) is 0 Å². The summed E-state index contributed by atoms with van der Waals surface area (Å²) in [7, 11) is 0. The Labute approximate surface area is 122 Å². The topological polar surface area (TPSA) is 15.3 Å². The van der Waals surface area contributed by atoms with Crippen molar-refractivity contribution in [2.45, 2.75) is 52.1 Å². The summed E-state index contributed by atoms with van der Waals surface area (Å²) >= 11 is 0. The van der Waals surface area contributed by atoms with Gasteiger partial charge in [-0.3, -0.25) is 4.90 Å². The first-order valence-corrected chi connectivity index (χ1v) is 7.65. The second-order valence-electron chi connectivity index (χ2n) is 6.62. The van der Waals surface area contributed by atoms with Crippen LogP contribution in [0, 0.1) is 12.7 Å². The molecular formula is C17H27FN2. The second kappa shape index (κ2) is 6.23. The highest BCUT2D eigenvalue weighted by molar-refractivity contribution is 5.26. The van der Waals surface area contributed by atoms with Crippen molar-refractivity contribution in [3.05, 3.63) is 35.1 Å². The quantitative estimate of drug-likeness (QED) is 0.910. The third kappa shape index (κ3) is 3.80. The van der Waals surface area contributed by atoms with Gasteiger partial charge in [-0.05, 0) is 56.9 Å². The Morgan fingerprint density at radius 2 is 2.15 bits per heavy atom. The SMILES string of the molecule is CCC1CNC(C)(C)CN1CCc1ccc(F)cc1C. The van der Waals surface area contributed by atoms with Crippen molar-refractivity contribution in [1.82, 2.24) is 10.2 Å². The zero-order valence-electron chi connectivity index (χ0n) is 13.2. The number of nitrogens with zero attached hydrogens (tertiary/aromatic N) is 1.